The minimum atomic E-state index is -0.477. The first-order chi connectivity index (χ1) is 9.13. The van der Waals surface area contributed by atoms with Gasteiger partial charge in [-0.1, -0.05) is 0 Å². The molecular formula is C13H16FN3O2. The molecule has 1 aromatic rings. The van der Waals surface area contributed by atoms with Crippen molar-refractivity contribution in [3.63, 3.8) is 0 Å². The van der Waals surface area contributed by atoms with E-state index in [-0.39, 0.29) is 17.4 Å². The zero-order valence-electron chi connectivity index (χ0n) is 10.5. The van der Waals surface area contributed by atoms with Crippen LogP contribution in [0.3, 0.4) is 0 Å². The first-order valence-corrected chi connectivity index (χ1v) is 6.58. The van der Waals surface area contributed by atoms with Crippen molar-refractivity contribution in [3.8, 4) is 0 Å². The second kappa shape index (κ2) is 4.77. The van der Waals surface area contributed by atoms with E-state index in [0.29, 0.717) is 6.04 Å². The second-order valence-electron chi connectivity index (χ2n) is 5.27. The number of nitrogens with one attached hydrogen (secondary N) is 1. The van der Waals surface area contributed by atoms with E-state index in [2.05, 4.69) is 10.2 Å². The van der Waals surface area contributed by atoms with Gasteiger partial charge in [-0.3, -0.25) is 15.0 Å². The number of nitrogens with zero attached hydrogens (tertiary/aromatic N) is 2. The summed E-state index contributed by atoms with van der Waals surface area (Å²) in [7, 11) is 0. The van der Waals surface area contributed by atoms with E-state index in [1.165, 1.54) is 25.0 Å². The van der Waals surface area contributed by atoms with Crippen LogP contribution in [0.1, 0.15) is 19.3 Å². The number of anilines is 1. The number of likely N-dealkylation sites (tertiary alicyclic amines) is 1. The van der Waals surface area contributed by atoms with Crippen molar-refractivity contribution in [2.24, 2.45) is 0 Å². The third-order valence-electron chi connectivity index (χ3n) is 3.80. The van der Waals surface area contributed by atoms with Gasteiger partial charge in [-0.2, -0.15) is 0 Å². The van der Waals surface area contributed by atoms with Gasteiger partial charge in [0.2, 0.25) is 0 Å². The van der Waals surface area contributed by atoms with Crippen LogP contribution >= 0.6 is 0 Å². The first-order valence-electron chi connectivity index (χ1n) is 6.58. The van der Waals surface area contributed by atoms with Gasteiger partial charge in [-0.25, -0.2) is 4.39 Å². The lowest BCUT2D eigenvalue weighted by Gasteiger charge is -2.16. The van der Waals surface area contributed by atoms with Crippen LogP contribution < -0.4 is 5.32 Å². The van der Waals surface area contributed by atoms with Gasteiger partial charge in [0.15, 0.2) is 0 Å². The molecule has 19 heavy (non-hydrogen) atoms. The van der Waals surface area contributed by atoms with Gasteiger partial charge >= 0.3 is 0 Å². The largest absolute Gasteiger partial charge is 0.375 e. The summed E-state index contributed by atoms with van der Waals surface area (Å²) in [6, 6.07) is 4.41. The van der Waals surface area contributed by atoms with E-state index in [0.717, 1.165) is 25.6 Å². The fourth-order valence-electron chi connectivity index (χ4n) is 2.68. The van der Waals surface area contributed by atoms with Crippen molar-refractivity contribution in [2.75, 3.05) is 18.4 Å². The van der Waals surface area contributed by atoms with E-state index < -0.39 is 10.7 Å². The fraction of sp³-hybridized carbons (Fsp3) is 0.538. The zero-order valence-corrected chi connectivity index (χ0v) is 10.5. The molecule has 0 spiro atoms. The topological polar surface area (TPSA) is 58.4 Å². The Morgan fingerprint density at radius 1 is 1.37 bits per heavy atom. The van der Waals surface area contributed by atoms with Crippen LogP contribution in [0.25, 0.3) is 0 Å². The molecule has 1 saturated carbocycles. The molecule has 5 nitrogen and oxygen atoms in total. The highest BCUT2D eigenvalue weighted by atomic mass is 19.1. The predicted octanol–water partition coefficient (Wildman–Crippen LogP) is 2.38. The van der Waals surface area contributed by atoms with Crippen LogP contribution in [0.4, 0.5) is 15.8 Å². The summed E-state index contributed by atoms with van der Waals surface area (Å²) < 4.78 is 13.2. The average molecular weight is 265 g/mol. The lowest BCUT2D eigenvalue weighted by molar-refractivity contribution is -0.384. The first kappa shape index (κ1) is 12.3. The molecular weight excluding hydrogens is 249 g/mol. The van der Waals surface area contributed by atoms with E-state index in [1.54, 1.807) is 0 Å². The molecule has 1 aromatic carbocycles. The molecule has 3 rings (SSSR count). The van der Waals surface area contributed by atoms with Crippen LogP contribution in [-0.2, 0) is 0 Å². The van der Waals surface area contributed by atoms with E-state index in [4.69, 9.17) is 0 Å². The maximum absolute atomic E-state index is 13.2. The third kappa shape index (κ3) is 2.68. The minimum Gasteiger partial charge on any atom is -0.375 e. The zero-order chi connectivity index (χ0) is 13.4. The summed E-state index contributed by atoms with van der Waals surface area (Å²) in [5, 5.41) is 14.0. The highest BCUT2D eigenvalue weighted by Crippen LogP contribution is 2.32. The predicted molar refractivity (Wildman–Crippen MR) is 69.7 cm³/mol. The Labute approximate surface area is 110 Å². The Morgan fingerprint density at radius 3 is 2.84 bits per heavy atom. The Kier molecular flexibility index (Phi) is 3.10. The number of nitro groups is 1. The van der Waals surface area contributed by atoms with Crippen molar-refractivity contribution in [1.29, 1.82) is 0 Å². The van der Waals surface area contributed by atoms with Gasteiger partial charge in [0.25, 0.3) is 5.69 Å². The number of rotatable bonds is 4. The van der Waals surface area contributed by atoms with Gasteiger partial charge in [0, 0.05) is 37.3 Å². The Bertz CT molecular complexity index is 505. The quantitative estimate of drug-likeness (QED) is 0.670. The molecule has 0 aromatic heterocycles. The number of nitro benzene ring substituents is 1. The van der Waals surface area contributed by atoms with Crippen LogP contribution in [0.2, 0.25) is 0 Å². The molecule has 1 unspecified atom stereocenters. The molecule has 1 N–H and O–H groups in total. The maximum Gasteiger partial charge on any atom is 0.292 e. The van der Waals surface area contributed by atoms with Gasteiger partial charge in [-0.15, -0.1) is 0 Å². The summed E-state index contributed by atoms with van der Waals surface area (Å²) >= 11 is 0. The van der Waals surface area contributed by atoms with E-state index in [9.17, 15) is 14.5 Å². The lowest BCUT2D eigenvalue weighted by atomic mass is 10.2. The van der Waals surface area contributed by atoms with E-state index in [1.807, 2.05) is 0 Å². The average Bonchev–Trinajstić information content (AvgIpc) is 3.10. The minimum absolute atomic E-state index is 0.0636. The van der Waals surface area contributed by atoms with Crippen molar-refractivity contribution in [3.05, 3.63) is 34.1 Å². The van der Waals surface area contributed by atoms with Crippen molar-refractivity contribution >= 4 is 11.4 Å². The van der Waals surface area contributed by atoms with Crippen LogP contribution in [-0.4, -0.2) is 35.0 Å². The molecule has 6 heteroatoms. The van der Waals surface area contributed by atoms with Gasteiger partial charge in [-0.05, 0) is 25.3 Å². The fourth-order valence-corrected chi connectivity index (χ4v) is 2.68. The summed E-state index contributed by atoms with van der Waals surface area (Å²) in [4.78, 5) is 12.9. The molecule has 1 saturated heterocycles. The number of hydrogen-bond donors (Lipinski definition) is 1. The highest BCUT2D eigenvalue weighted by Gasteiger charge is 2.34. The SMILES string of the molecule is O=[N+]([O-])c1ccc(F)cc1NC1CCN(C2CC2)C1. The van der Waals surface area contributed by atoms with Crippen molar-refractivity contribution in [2.45, 2.75) is 31.3 Å². The summed E-state index contributed by atoms with van der Waals surface area (Å²) in [6.45, 7) is 1.91. The van der Waals surface area contributed by atoms with Crippen LogP contribution in [0, 0.1) is 15.9 Å². The Morgan fingerprint density at radius 2 is 2.16 bits per heavy atom. The standard InChI is InChI=1S/C13H16FN3O2/c14-9-1-4-13(17(18)19)12(7-9)15-10-5-6-16(8-10)11-2-3-11/h1,4,7,10-11,15H,2-3,5-6,8H2. The smallest absolute Gasteiger partial charge is 0.292 e. The monoisotopic (exact) mass is 265 g/mol. The van der Waals surface area contributed by atoms with Gasteiger partial charge in [0.1, 0.15) is 11.5 Å². The molecule has 0 amide bonds. The van der Waals surface area contributed by atoms with Crippen molar-refractivity contribution < 1.29 is 9.31 Å². The van der Waals surface area contributed by atoms with Crippen molar-refractivity contribution in [1.82, 2.24) is 4.90 Å². The maximum atomic E-state index is 13.2. The van der Waals surface area contributed by atoms with Crippen LogP contribution in [0.5, 0.6) is 0 Å². The molecule has 1 heterocycles. The lowest BCUT2D eigenvalue weighted by Crippen LogP contribution is -2.27. The molecule has 2 fully saturated rings. The summed E-state index contributed by atoms with van der Waals surface area (Å²) in [6.07, 6.45) is 3.46. The molecule has 0 bridgehead atoms. The summed E-state index contributed by atoms with van der Waals surface area (Å²) in [5.41, 5.74) is 0.221. The Balaban J connectivity index is 1.72. The molecule has 2 aliphatic rings. The Hall–Kier alpha value is -1.69. The second-order valence-corrected chi connectivity index (χ2v) is 5.27. The van der Waals surface area contributed by atoms with E-state index >= 15 is 0 Å². The summed E-state index contributed by atoms with van der Waals surface area (Å²) in [5.74, 6) is -0.454. The normalized spacial score (nSPS) is 23.5. The van der Waals surface area contributed by atoms with Crippen LogP contribution in [0.15, 0.2) is 18.2 Å². The number of hydrogen-bond acceptors (Lipinski definition) is 4. The molecule has 1 aliphatic heterocycles. The number of halogens is 1. The molecule has 1 atom stereocenters. The molecule has 0 radical (unpaired) electrons. The molecule has 1 aliphatic carbocycles. The van der Waals surface area contributed by atoms with Gasteiger partial charge in [0.05, 0.1) is 4.92 Å². The number of benzene rings is 1. The molecule has 102 valence electrons. The van der Waals surface area contributed by atoms with Gasteiger partial charge < -0.3 is 5.32 Å². The highest BCUT2D eigenvalue weighted by molar-refractivity contribution is 5.62. The third-order valence-corrected chi connectivity index (χ3v) is 3.80.